The summed E-state index contributed by atoms with van der Waals surface area (Å²) in [5.41, 5.74) is 14.8. The molecule has 0 spiro atoms. The lowest BCUT2D eigenvalue weighted by Gasteiger charge is -2.16. The van der Waals surface area contributed by atoms with E-state index in [1.807, 2.05) is 44.2 Å². The van der Waals surface area contributed by atoms with E-state index < -0.39 is 17.9 Å². The quantitative estimate of drug-likeness (QED) is 0.0583. The summed E-state index contributed by atoms with van der Waals surface area (Å²) in [6.45, 7) is 18.0. The Hall–Kier alpha value is -6.83. The number of methoxy groups -OCH3 is 1. The highest BCUT2D eigenvalue weighted by Crippen LogP contribution is 2.38. The number of ether oxygens (including phenoxy) is 2. The minimum absolute atomic E-state index is 0.0547. The van der Waals surface area contributed by atoms with Crippen molar-refractivity contribution < 1.29 is 28.7 Å². The predicted octanol–water partition coefficient (Wildman–Crippen LogP) is 7.03. The van der Waals surface area contributed by atoms with Crippen LogP contribution >= 0.6 is 0 Å². The third-order valence-electron chi connectivity index (χ3n) is 11.0. The zero-order chi connectivity index (χ0) is 43.1. The second-order valence-corrected chi connectivity index (χ2v) is 14.8. The van der Waals surface area contributed by atoms with E-state index in [0.29, 0.717) is 43.0 Å². The lowest BCUT2D eigenvalue weighted by atomic mass is 9.98. The van der Waals surface area contributed by atoms with Crippen LogP contribution in [-0.2, 0) is 41.5 Å². The first kappa shape index (κ1) is 42.8. The smallest absolute Gasteiger partial charge is 0.328 e. The molecular formula is C46H52N8O6. The molecule has 0 aliphatic carbocycles. The van der Waals surface area contributed by atoms with Gasteiger partial charge in [-0.15, -0.1) is 6.58 Å². The zero-order valence-corrected chi connectivity index (χ0v) is 35.1. The van der Waals surface area contributed by atoms with E-state index in [0.717, 1.165) is 78.0 Å². The van der Waals surface area contributed by atoms with Crippen LogP contribution in [0.4, 0.5) is 0 Å². The molecule has 2 aliphatic rings. The maximum Gasteiger partial charge on any atom is 0.328 e. The van der Waals surface area contributed by atoms with Gasteiger partial charge in [0.25, 0.3) is 0 Å². The Kier molecular flexibility index (Phi) is 13.4. The largest absolute Gasteiger partial charge is 0.467 e. The van der Waals surface area contributed by atoms with Gasteiger partial charge in [0.15, 0.2) is 0 Å². The molecule has 4 aromatic rings. The van der Waals surface area contributed by atoms with Crippen LogP contribution in [0.5, 0.6) is 0 Å². The number of allylic oxidation sites excluding steroid dienone is 5. The van der Waals surface area contributed by atoms with Gasteiger partial charge in [0.2, 0.25) is 11.8 Å². The molecule has 0 saturated heterocycles. The van der Waals surface area contributed by atoms with E-state index in [1.54, 1.807) is 13.1 Å². The van der Waals surface area contributed by atoms with Crippen molar-refractivity contribution in [3.63, 3.8) is 0 Å². The Bertz CT molecular complexity index is 2590. The fourth-order valence-electron chi connectivity index (χ4n) is 7.65. The molecule has 2 amide bonds. The van der Waals surface area contributed by atoms with Crippen molar-refractivity contribution in [3.8, 4) is 0 Å². The first-order chi connectivity index (χ1) is 28.8. The van der Waals surface area contributed by atoms with Crippen LogP contribution in [0.3, 0.4) is 0 Å². The Morgan fingerprint density at radius 1 is 0.817 bits per heavy atom. The topological polar surface area (TPSA) is 197 Å². The second kappa shape index (κ2) is 18.8. The standard InChI is InChI=1S/C46H52N8O6/c1-9-12-31-26(5)36-19-38-30(10-2)25(4)34(50-38)18-35-28(7)33(14-16-45(57)60-11-3)41(51-35)21-40-32(27(6)37(53-40)20-39(31)52-36)13-15-43(55)48-23-44(56)54-42(46(58)59-8)17-29-22-47-24-49-29/h9-10,18-22,24,42,50,52H,1-2,11-17,23H2,3-8H3,(H,47,49)(H,48,55)(H,54,56). The van der Waals surface area contributed by atoms with Gasteiger partial charge in [-0.2, -0.15) is 0 Å². The monoisotopic (exact) mass is 812 g/mol. The summed E-state index contributed by atoms with van der Waals surface area (Å²) in [5.74, 6) is -1.81. The van der Waals surface area contributed by atoms with Gasteiger partial charge < -0.3 is 35.1 Å². The number of imidazole rings is 1. The van der Waals surface area contributed by atoms with Gasteiger partial charge in [0, 0.05) is 58.8 Å². The SMILES string of the molecule is C=CCc1c(C)c2cc3[nH]c(cc4nc(cc5nc(cc1[nH]2)C(C)=C5CCC(=O)NCC(=O)NC(Cc1cnc[nH]1)C(=O)OC)C(CCC(=O)OCC)=C4C)c(C)c3C=C. The number of nitrogens with one attached hydrogen (secondary N) is 5. The van der Waals surface area contributed by atoms with Crippen molar-refractivity contribution >= 4 is 74.2 Å². The van der Waals surface area contributed by atoms with E-state index in [-0.39, 0.29) is 37.7 Å². The number of aromatic amines is 3. The summed E-state index contributed by atoms with van der Waals surface area (Å²) in [7, 11) is 1.24. The highest BCUT2D eigenvalue weighted by atomic mass is 16.5. The number of amides is 2. The lowest BCUT2D eigenvalue weighted by Crippen LogP contribution is -2.47. The van der Waals surface area contributed by atoms with Crippen molar-refractivity contribution in [2.24, 2.45) is 0 Å². The van der Waals surface area contributed by atoms with Crippen molar-refractivity contribution in [1.82, 2.24) is 40.5 Å². The molecule has 0 aromatic carbocycles. The summed E-state index contributed by atoms with van der Waals surface area (Å²) < 4.78 is 10.1. The normalized spacial score (nSPS) is 12.9. The summed E-state index contributed by atoms with van der Waals surface area (Å²) in [5, 5.41) is 5.32. The molecule has 4 aromatic heterocycles. The van der Waals surface area contributed by atoms with E-state index in [9.17, 15) is 19.2 Å². The molecule has 0 fully saturated rings. The first-order valence-electron chi connectivity index (χ1n) is 20.0. The number of hydrogen-bond donors (Lipinski definition) is 5. The van der Waals surface area contributed by atoms with Crippen LogP contribution < -0.4 is 10.6 Å². The number of nitrogens with zero attached hydrogens (tertiary/aromatic N) is 3. The van der Waals surface area contributed by atoms with Crippen LogP contribution in [0.2, 0.25) is 0 Å². The number of aryl methyl sites for hydroxylation is 2. The molecule has 6 rings (SSSR count). The average Bonchev–Trinajstić information content (AvgIpc) is 4.03. The van der Waals surface area contributed by atoms with Gasteiger partial charge >= 0.3 is 11.9 Å². The fourth-order valence-corrected chi connectivity index (χ4v) is 7.65. The molecule has 5 N–H and O–H groups in total. The predicted molar refractivity (Wildman–Crippen MR) is 234 cm³/mol. The van der Waals surface area contributed by atoms with Crippen LogP contribution in [0, 0.1) is 13.8 Å². The van der Waals surface area contributed by atoms with Gasteiger partial charge in [-0.3, -0.25) is 14.4 Å². The summed E-state index contributed by atoms with van der Waals surface area (Å²) in [4.78, 5) is 75.5. The van der Waals surface area contributed by atoms with Crippen LogP contribution in [0.1, 0.15) is 97.2 Å². The Morgan fingerprint density at radius 3 is 2.08 bits per heavy atom. The molecule has 14 heteroatoms. The number of H-pyrrole nitrogens is 3. The third-order valence-corrected chi connectivity index (χ3v) is 11.0. The molecule has 1 unspecified atom stereocenters. The van der Waals surface area contributed by atoms with Crippen molar-refractivity contribution in [3.05, 3.63) is 107 Å². The highest BCUT2D eigenvalue weighted by Gasteiger charge is 2.25. The average molecular weight is 813 g/mol. The Labute approximate surface area is 348 Å². The third kappa shape index (κ3) is 9.38. The minimum atomic E-state index is -0.962. The van der Waals surface area contributed by atoms with Gasteiger partial charge in [-0.05, 0) is 117 Å². The van der Waals surface area contributed by atoms with Crippen LogP contribution in [0.25, 0.3) is 50.4 Å². The Morgan fingerprint density at radius 2 is 1.47 bits per heavy atom. The molecule has 2 aliphatic heterocycles. The molecule has 0 saturated carbocycles. The molecule has 60 heavy (non-hydrogen) atoms. The fraction of sp³-hybridized carbons (Fsp3) is 0.326. The number of carbonyl (C=O) groups is 4. The molecule has 1 atom stereocenters. The molecule has 0 radical (unpaired) electrons. The highest BCUT2D eigenvalue weighted by molar-refractivity contribution is 5.97. The minimum Gasteiger partial charge on any atom is -0.467 e. The molecule has 312 valence electrons. The number of esters is 2. The van der Waals surface area contributed by atoms with E-state index in [4.69, 9.17) is 19.4 Å². The van der Waals surface area contributed by atoms with Crippen molar-refractivity contribution in [1.29, 1.82) is 0 Å². The van der Waals surface area contributed by atoms with Gasteiger partial charge in [0.1, 0.15) is 6.04 Å². The second-order valence-electron chi connectivity index (χ2n) is 14.8. The summed E-state index contributed by atoms with van der Waals surface area (Å²) in [6, 6.07) is 7.12. The van der Waals surface area contributed by atoms with Gasteiger partial charge in [-0.25, -0.2) is 19.7 Å². The zero-order valence-electron chi connectivity index (χ0n) is 35.1. The van der Waals surface area contributed by atoms with Crippen LogP contribution in [0.15, 0.2) is 56.0 Å². The number of fused-ring (bicyclic) bond motifs is 8. The van der Waals surface area contributed by atoms with E-state index >= 15 is 0 Å². The van der Waals surface area contributed by atoms with Crippen molar-refractivity contribution in [2.45, 2.75) is 79.2 Å². The molecule has 14 nitrogen and oxygen atoms in total. The summed E-state index contributed by atoms with van der Waals surface area (Å²) >= 11 is 0. The van der Waals surface area contributed by atoms with Crippen molar-refractivity contribution in [2.75, 3.05) is 20.3 Å². The number of hydrogen-bond acceptors (Lipinski definition) is 9. The summed E-state index contributed by atoms with van der Waals surface area (Å²) in [6.07, 6.45) is 8.50. The maximum absolute atomic E-state index is 13.3. The lowest BCUT2D eigenvalue weighted by molar-refractivity contribution is -0.145. The van der Waals surface area contributed by atoms with Gasteiger partial charge in [0.05, 0.1) is 49.4 Å². The maximum atomic E-state index is 13.3. The first-order valence-corrected chi connectivity index (χ1v) is 20.0. The molecule has 6 heterocycles. The van der Waals surface area contributed by atoms with E-state index in [1.165, 1.54) is 13.4 Å². The number of carbonyl (C=O) groups excluding carboxylic acids is 4. The Balaban J connectivity index is 1.39. The number of rotatable bonds is 16. The molecular weight excluding hydrogens is 761 g/mol. The van der Waals surface area contributed by atoms with Gasteiger partial charge in [-0.1, -0.05) is 18.7 Å². The van der Waals surface area contributed by atoms with Crippen LogP contribution in [-0.4, -0.2) is 80.0 Å². The molecule has 8 bridgehead atoms. The van der Waals surface area contributed by atoms with E-state index in [2.05, 4.69) is 63.6 Å². The number of aromatic nitrogens is 6.